The number of hydrogen-bond acceptors (Lipinski definition) is 3. The van der Waals surface area contributed by atoms with Crippen LogP contribution in [0.4, 0.5) is 23.2 Å². The summed E-state index contributed by atoms with van der Waals surface area (Å²) in [5, 5.41) is 2.77. The fourth-order valence-corrected chi connectivity index (χ4v) is 2.38. The number of hydrogen-bond donors (Lipinski definition) is 2. The van der Waals surface area contributed by atoms with Crippen LogP contribution in [0, 0.1) is 23.3 Å². The normalized spacial score (nSPS) is 11.7. The maximum Gasteiger partial charge on any atom is 0.234 e. The fourth-order valence-electron chi connectivity index (χ4n) is 1.38. The zero-order valence-corrected chi connectivity index (χ0v) is 11.5. The smallest absolute Gasteiger partial charge is 0.234 e. The molecular formula is C11H14F4N2O2S. The lowest BCUT2D eigenvalue weighted by atomic mass is 10.3. The molecule has 0 radical (unpaired) electrons. The largest absolute Gasteiger partial charge is 0.316 e. The van der Waals surface area contributed by atoms with E-state index in [2.05, 4.69) is 5.32 Å². The molecule has 0 aliphatic rings. The lowest BCUT2D eigenvalue weighted by Gasteiger charge is -2.11. The van der Waals surface area contributed by atoms with Gasteiger partial charge in [0.15, 0.2) is 23.3 Å². The Hall–Kier alpha value is -1.35. The van der Waals surface area contributed by atoms with E-state index in [-0.39, 0.29) is 12.6 Å². The van der Waals surface area contributed by atoms with Crippen LogP contribution in [0.2, 0.25) is 0 Å². The molecule has 0 saturated heterocycles. The van der Waals surface area contributed by atoms with Gasteiger partial charge >= 0.3 is 0 Å². The van der Waals surface area contributed by atoms with E-state index in [1.807, 2.05) is 6.92 Å². The van der Waals surface area contributed by atoms with Crippen LogP contribution < -0.4 is 10.0 Å². The molecule has 4 nitrogen and oxygen atoms in total. The van der Waals surface area contributed by atoms with Crippen molar-refractivity contribution in [3.05, 3.63) is 29.3 Å². The summed E-state index contributed by atoms with van der Waals surface area (Å²) in [7, 11) is -4.12. The van der Waals surface area contributed by atoms with Gasteiger partial charge in [-0.15, -0.1) is 0 Å². The van der Waals surface area contributed by atoms with Crippen LogP contribution in [0.25, 0.3) is 0 Å². The Morgan fingerprint density at radius 1 is 1.05 bits per heavy atom. The van der Waals surface area contributed by atoms with Gasteiger partial charge in [-0.05, 0) is 13.0 Å². The van der Waals surface area contributed by atoms with Crippen LogP contribution in [0.5, 0.6) is 0 Å². The minimum atomic E-state index is -4.12. The zero-order chi connectivity index (χ0) is 15.3. The van der Waals surface area contributed by atoms with Gasteiger partial charge < -0.3 is 5.32 Å². The minimum Gasteiger partial charge on any atom is -0.316 e. The molecule has 0 saturated carbocycles. The van der Waals surface area contributed by atoms with Crippen LogP contribution in [-0.4, -0.2) is 27.3 Å². The van der Waals surface area contributed by atoms with Gasteiger partial charge in [0.25, 0.3) is 0 Å². The summed E-state index contributed by atoms with van der Waals surface area (Å²) in [6.45, 7) is 2.50. The Bertz CT molecular complexity index is 552. The van der Waals surface area contributed by atoms with Crippen LogP contribution in [-0.2, 0) is 10.0 Å². The lowest BCUT2D eigenvalue weighted by Crippen LogP contribution is -2.28. The van der Waals surface area contributed by atoms with E-state index in [0.29, 0.717) is 6.54 Å². The fraction of sp³-hybridized carbons (Fsp3) is 0.455. The number of sulfonamides is 1. The standard InChI is InChI=1S/C11H14F4N2O2S/c1-2-3-16-4-5-20(18,19)17-11-9(14)7(12)6-8(13)10(11)15/h6,16-17H,2-5H2,1H3. The molecule has 0 spiro atoms. The average Bonchev–Trinajstić information content (AvgIpc) is 2.38. The molecule has 0 atom stereocenters. The highest BCUT2D eigenvalue weighted by atomic mass is 32.2. The topological polar surface area (TPSA) is 58.2 Å². The predicted molar refractivity (Wildman–Crippen MR) is 66.8 cm³/mol. The van der Waals surface area contributed by atoms with Crippen LogP contribution in [0.3, 0.4) is 0 Å². The Labute approximate surface area is 114 Å². The number of nitrogens with one attached hydrogen (secondary N) is 2. The summed E-state index contributed by atoms with van der Waals surface area (Å²) in [5.74, 6) is -7.40. The van der Waals surface area contributed by atoms with Crippen LogP contribution in [0.15, 0.2) is 6.07 Å². The molecule has 1 aromatic rings. The van der Waals surface area contributed by atoms with Crippen molar-refractivity contribution in [3.63, 3.8) is 0 Å². The molecule has 0 heterocycles. The maximum atomic E-state index is 13.3. The SMILES string of the molecule is CCCNCCS(=O)(=O)Nc1c(F)c(F)cc(F)c1F. The highest BCUT2D eigenvalue weighted by molar-refractivity contribution is 7.92. The first-order valence-electron chi connectivity index (χ1n) is 5.82. The third-order valence-electron chi connectivity index (χ3n) is 2.34. The molecule has 0 aromatic heterocycles. The Balaban J connectivity index is 2.87. The number of halogens is 4. The molecular weight excluding hydrogens is 300 g/mol. The second-order valence-corrected chi connectivity index (χ2v) is 5.86. The van der Waals surface area contributed by atoms with Crippen molar-refractivity contribution in [2.45, 2.75) is 13.3 Å². The molecule has 20 heavy (non-hydrogen) atoms. The zero-order valence-electron chi connectivity index (χ0n) is 10.6. The lowest BCUT2D eigenvalue weighted by molar-refractivity contribution is 0.459. The Morgan fingerprint density at radius 2 is 1.60 bits per heavy atom. The van der Waals surface area contributed by atoms with Gasteiger partial charge in [-0.2, -0.15) is 0 Å². The highest BCUT2D eigenvalue weighted by Crippen LogP contribution is 2.24. The van der Waals surface area contributed by atoms with Gasteiger partial charge in [-0.3, -0.25) is 4.72 Å². The van der Waals surface area contributed by atoms with Gasteiger partial charge in [0.05, 0.1) is 5.75 Å². The van der Waals surface area contributed by atoms with Crippen molar-refractivity contribution in [2.24, 2.45) is 0 Å². The van der Waals surface area contributed by atoms with Gasteiger partial charge in [-0.25, -0.2) is 26.0 Å². The Morgan fingerprint density at radius 3 is 2.10 bits per heavy atom. The average molecular weight is 314 g/mol. The summed E-state index contributed by atoms with van der Waals surface area (Å²) in [4.78, 5) is 0. The number of benzene rings is 1. The summed E-state index contributed by atoms with van der Waals surface area (Å²) in [6.07, 6.45) is 0.784. The van der Waals surface area contributed by atoms with E-state index >= 15 is 0 Å². The minimum absolute atomic E-state index is 0.00523. The molecule has 0 amide bonds. The summed E-state index contributed by atoms with van der Waals surface area (Å²) in [5.41, 5.74) is -1.35. The number of rotatable bonds is 7. The van der Waals surface area contributed by atoms with Crippen LogP contribution >= 0.6 is 0 Å². The van der Waals surface area contributed by atoms with Gasteiger partial charge in [0.2, 0.25) is 10.0 Å². The quantitative estimate of drug-likeness (QED) is 0.460. The molecule has 0 aliphatic carbocycles. The molecule has 114 valence electrons. The molecule has 0 fully saturated rings. The highest BCUT2D eigenvalue weighted by Gasteiger charge is 2.23. The summed E-state index contributed by atoms with van der Waals surface area (Å²) in [6, 6.07) is 0.00523. The van der Waals surface area contributed by atoms with Crippen molar-refractivity contribution in [1.82, 2.24) is 5.32 Å². The Kier molecular flexibility index (Phi) is 5.75. The molecule has 0 unspecified atom stereocenters. The second kappa shape index (κ2) is 6.89. The van der Waals surface area contributed by atoms with E-state index < -0.39 is 44.7 Å². The van der Waals surface area contributed by atoms with E-state index in [1.54, 1.807) is 0 Å². The third kappa shape index (κ3) is 4.34. The second-order valence-electron chi connectivity index (χ2n) is 4.01. The third-order valence-corrected chi connectivity index (χ3v) is 3.60. The molecule has 0 bridgehead atoms. The monoisotopic (exact) mass is 314 g/mol. The van der Waals surface area contributed by atoms with E-state index in [1.165, 1.54) is 4.72 Å². The van der Waals surface area contributed by atoms with Crippen molar-refractivity contribution in [1.29, 1.82) is 0 Å². The predicted octanol–water partition coefficient (Wildman–Crippen LogP) is 1.98. The van der Waals surface area contributed by atoms with Gasteiger partial charge in [0, 0.05) is 12.6 Å². The first kappa shape index (κ1) is 16.7. The van der Waals surface area contributed by atoms with Gasteiger partial charge in [0.1, 0.15) is 5.69 Å². The van der Waals surface area contributed by atoms with E-state index in [4.69, 9.17) is 0 Å². The molecule has 1 rings (SSSR count). The van der Waals surface area contributed by atoms with E-state index in [9.17, 15) is 26.0 Å². The maximum absolute atomic E-state index is 13.3. The van der Waals surface area contributed by atoms with E-state index in [0.717, 1.165) is 6.42 Å². The number of anilines is 1. The first-order valence-corrected chi connectivity index (χ1v) is 7.48. The molecule has 1 aromatic carbocycles. The van der Waals surface area contributed by atoms with Crippen molar-refractivity contribution in [3.8, 4) is 0 Å². The van der Waals surface area contributed by atoms with Gasteiger partial charge in [-0.1, -0.05) is 6.92 Å². The van der Waals surface area contributed by atoms with Crippen molar-refractivity contribution in [2.75, 3.05) is 23.6 Å². The summed E-state index contributed by atoms with van der Waals surface area (Å²) >= 11 is 0. The first-order chi connectivity index (χ1) is 9.28. The molecule has 2 N–H and O–H groups in total. The molecule has 0 aliphatic heterocycles. The molecule has 9 heteroatoms. The van der Waals surface area contributed by atoms with Crippen LogP contribution in [0.1, 0.15) is 13.3 Å². The van der Waals surface area contributed by atoms with Crippen molar-refractivity contribution < 1.29 is 26.0 Å². The van der Waals surface area contributed by atoms with Crippen molar-refractivity contribution >= 4 is 15.7 Å². The summed E-state index contributed by atoms with van der Waals surface area (Å²) < 4.78 is 77.1.